The summed E-state index contributed by atoms with van der Waals surface area (Å²) in [4.78, 5) is 23.1. The van der Waals surface area contributed by atoms with Gasteiger partial charge >= 0.3 is 6.09 Å². The van der Waals surface area contributed by atoms with Crippen LogP contribution < -0.4 is 0 Å². The topological polar surface area (TPSA) is 57.6 Å². The molecule has 1 N–H and O–H groups in total. The maximum absolute atomic E-state index is 10.9. The molecule has 5 heteroatoms. The highest BCUT2D eigenvalue weighted by atomic mass is 35.5. The first-order chi connectivity index (χ1) is 6.07. The van der Waals surface area contributed by atoms with Gasteiger partial charge in [-0.1, -0.05) is 0 Å². The first-order valence-electron chi connectivity index (χ1n) is 4.28. The zero-order valence-corrected chi connectivity index (χ0v) is 7.75. The molecule has 0 radical (unpaired) electrons. The lowest BCUT2D eigenvalue weighted by molar-refractivity contribution is -0.115. The molecular weight excluding hydrogens is 194 g/mol. The summed E-state index contributed by atoms with van der Waals surface area (Å²) in [7, 11) is 0. The van der Waals surface area contributed by atoms with Crippen molar-refractivity contribution in [3.63, 3.8) is 0 Å². The van der Waals surface area contributed by atoms with Gasteiger partial charge in [-0.3, -0.25) is 9.69 Å². The molecule has 0 bridgehead atoms. The molecule has 4 nitrogen and oxygen atoms in total. The third kappa shape index (κ3) is 1.20. The lowest BCUT2D eigenvalue weighted by atomic mass is 10.2. The Hall–Kier alpha value is -0.770. The Morgan fingerprint density at radius 1 is 1.38 bits per heavy atom. The molecule has 0 aromatic heterocycles. The summed E-state index contributed by atoms with van der Waals surface area (Å²) in [6.45, 7) is 0. The van der Waals surface area contributed by atoms with Gasteiger partial charge in [-0.15, -0.1) is 0 Å². The molecule has 72 valence electrons. The molecule has 2 fully saturated rings. The average molecular weight is 204 g/mol. The molecule has 2 rings (SSSR count). The van der Waals surface area contributed by atoms with Crippen molar-refractivity contribution in [3.05, 3.63) is 0 Å². The van der Waals surface area contributed by atoms with Gasteiger partial charge in [-0.2, -0.15) is 0 Å². The predicted molar refractivity (Wildman–Crippen MR) is 45.7 cm³/mol. The van der Waals surface area contributed by atoms with Crippen molar-refractivity contribution in [1.82, 2.24) is 4.90 Å². The summed E-state index contributed by atoms with van der Waals surface area (Å²) in [6, 6.07) is -0.610. The van der Waals surface area contributed by atoms with Crippen LogP contribution >= 0.6 is 11.6 Å². The Kier molecular flexibility index (Phi) is 1.77. The molecule has 1 aliphatic heterocycles. The summed E-state index contributed by atoms with van der Waals surface area (Å²) < 4.78 is 0. The number of nitrogens with zero attached hydrogens (tertiary/aromatic N) is 1. The molecule has 1 heterocycles. The lowest BCUT2D eigenvalue weighted by Crippen LogP contribution is -2.44. The molecule has 0 aromatic rings. The van der Waals surface area contributed by atoms with Crippen LogP contribution in [0.5, 0.6) is 0 Å². The van der Waals surface area contributed by atoms with Gasteiger partial charge < -0.3 is 5.11 Å². The van der Waals surface area contributed by atoms with E-state index in [1.54, 1.807) is 0 Å². The highest BCUT2D eigenvalue weighted by Crippen LogP contribution is 2.52. The summed E-state index contributed by atoms with van der Waals surface area (Å²) >= 11 is 5.33. The number of carbonyl (C=O) groups excluding carboxylic acids is 1. The number of rotatable bonds is 1. The molecule has 1 amide bonds. The van der Waals surface area contributed by atoms with E-state index in [1.807, 2.05) is 0 Å². The minimum atomic E-state index is -1.02. The van der Waals surface area contributed by atoms with Crippen LogP contribution in [0.2, 0.25) is 0 Å². The van der Waals surface area contributed by atoms with E-state index >= 15 is 0 Å². The molecule has 1 spiro atoms. The molecule has 1 saturated heterocycles. The van der Waals surface area contributed by atoms with Crippen molar-refractivity contribution >= 4 is 22.9 Å². The Balaban J connectivity index is 2.23. The van der Waals surface area contributed by atoms with E-state index in [-0.39, 0.29) is 5.54 Å². The Morgan fingerprint density at radius 2 is 2.00 bits per heavy atom. The quantitative estimate of drug-likeness (QED) is 0.656. The minimum absolute atomic E-state index is 0.235. The fourth-order valence-corrected chi connectivity index (χ4v) is 2.38. The van der Waals surface area contributed by atoms with Crippen LogP contribution in [0.1, 0.15) is 25.7 Å². The van der Waals surface area contributed by atoms with Gasteiger partial charge in [0.25, 0.3) is 0 Å². The number of likely N-dealkylation sites (tertiary alicyclic amines) is 1. The number of carboxylic acid groups (broad SMARTS) is 1. The van der Waals surface area contributed by atoms with Gasteiger partial charge in [0.1, 0.15) is 6.04 Å². The second-order valence-electron chi connectivity index (χ2n) is 3.74. The molecule has 13 heavy (non-hydrogen) atoms. The van der Waals surface area contributed by atoms with Crippen LogP contribution in [0, 0.1) is 0 Å². The summed E-state index contributed by atoms with van der Waals surface area (Å²) in [5.74, 6) is 0. The van der Waals surface area contributed by atoms with Crippen LogP contribution in [-0.2, 0) is 4.79 Å². The van der Waals surface area contributed by atoms with E-state index in [1.165, 1.54) is 4.90 Å². The maximum Gasteiger partial charge on any atom is 0.408 e. The summed E-state index contributed by atoms with van der Waals surface area (Å²) in [5.41, 5.74) is -0.235. The third-order valence-corrected chi connectivity index (χ3v) is 3.25. The minimum Gasteiger partial charge on any atom is -0.465 e. The Bertz CT molecular complexity index is 275. The largest absolute Gasteiger partial charge is 0.465 e. The molecule has 0 aromatic carbocycles. The van der Waals surface area contributed by atoms with Crippen molar-refractivity contribution < 1.29 is 14.7 Å². The van der Waals surface area contributed by atoms with Gasteiger partial charge in [0.15, 0.2) is 0 Å². The highest BCUT2D eigenvalue weighted by molar-refractivity contribution is 6.64. The second-order valence-corrected chi connectivity index (χ2v) is 4.11. The Morgan fingerprint density at radius 3 is 2.38 bits per heavy atom. The van der Waals surface area contributed by atoms with Crippen molar-refractivity contribution in [3.8, 4) is 0 Å². The molecule has 1 unspecified atom stereocenters. The van der Waals surface area contributed by atoms with Gasteiger partial charge in [0, 0.05) is 5.54 Å². The van der Waals surface area contributed by atoms with E-state index in [4.69, 9.17) is 16.7 Å². The number of amides is 1. The van der Waals surface area contributed by atoms with Crippen molar-refractivity contribution in [2.75, 3.05) is 0 Å². The SMILES string of the molecule is O=C(Cl)C1CCC2(CC2)N1C(=O)O. The van der Waals surface area contributed by atoms with Gasteiger partial charge in [-0.25, -0.2) is 4.79 Å². The lowest BCUT2D eigenvalue weighted by Gasteiger charge is -2.24. The second kappa shape index (κ2) is 2.61. The molecule has 1 atom stereocenters. The van der Waals surface area contributed by atoms with Crippen molar-refractivity contribution in [1.29, 1.82) is 0 Å². The maximum atomic E-state index is 10.9. The zero-order chi connectivity index (χ0) is 9.64. The van der Waals surface area contributed by atoms with Crippen molar-refractivity contribution in [2.45, 2.75) is 37.3 Å². The fourth-order valence-electron chi connectivity index (χ4n) is 2.17. The highest BCUT2D eigenvalue weighted by Gasteiger charge is 2.58. The number of hydrogen-bond acceptors (Lipinski definition) is 2. The molecular formula is C8H10ClNO3. The third-order valence-electron chi connectivity index (χ3n) is 3.00. The number of halogens is 1. The normalized spacial score (nSPS) is 29.3. The van der Waals surface area contributed by atoms with E-state index in [9.17, 15) is 9.59 Å². The molecule has 1 saturated carbocycles. The van der Waals surface area contributed by atoms with Crippen LogP contribution in [-0.4, -0.2) is 32.9 Å². The summed E-state index contributed by atoms with van der Waals surface area (Å²) in [6.07, 6.45) is 2.09. The van der Waals surface area contributed by atoms with E-state index < -0.39 is 17.4 Å². The standard InChI is InChI=1S/C8H10ClNO3/c9-6(11)5-1-2-8(3-4-8)10(5)7(12)13/h5H,1-4H2,(H,12,13). The summed E-state index contributed by atoms with van der Waals surface area (Å²) in [5, 5.41) is 8.37. The monoisotopic (exact) mass is 203 g/mol. The predicted octanol–water partition coefficient (Wildman–Crippen LogP) is 1.43. The van der Waals surface area contributed by atoms with Gasteiger partial charge in [0.05, 0.1) is 0 Å². The smallest absolute Gasteiger partial charge is 0.408 e. The first-order valence-corrected chi connectivity index (χ1v) is 4.66. The van der Waals surface area contributed by atoms with Crippen LogP contribution in [0.15, 0.2) is 0 Å². The molecule has 1 aliphatic carbocycles. The van der Waals surface area contributed by atoms with Crippen molar-refractivity contribution in [2.24, 2.45) is 0 Å². The first kappa shape index (κ1) is 8.81. The zero-order valence-electron chi connectivity index (χ0n) is 6.99. The van der Waals surface area contributed by atoms with Crippen LogP contribution in [0.4, 0.5) is 4.79 Å². The molecule has 2 aliphatic rings. The van der Waals surface area contributed by atoms with E-state index in [2.05, 4.69) is 0 Å². The van der Waals surface area contributed by atoms with Crippen LogP contribution in [0.3, 0.4) is 0 Å². The fraction of sp³-hybridized carbons (Fsp3) is 0.750. The number of hydrogen-bond donors (Lipinski definition) is 1. The number of carbonyl (C=O) groups is 2. The van der Waals surface area contributed by atoms with E-state index in [0.29, 0.717) is 6.42 Å². The van der Waals surface area contributed by atoms with Gasteiger partial charge in [0.2, 0.25) is 5.24 Å². The average Bonchev–Trinajstić information content (AvgIpc) is 2.61. The Labute approximate surface area is 80.5 Å². The van der Waals surface area contributed by atoms with Crippen LogP contribution in [0.25, 0.3) is 0 Å². The van der Waals surface area contributed by atoms with Gasteiger partial charge in [-0.05, 0) is 37.3 Å². The van der Waals surface area contributed by atoms with E-state index in [0.717, 1.165) is 19.3 Å².